The van der Waals surface area contributed by atoms with Crippen molar-refractivity contribution in [1.29, 1.82) is 0 Å². The van der Waals surface area contributed by atoms with Crippen molar-refractivity contribution in [2.45, 2.75) is 39.2 Å². The van der Waals surface area contributed by atoms with E-state index in [0.29, 0.717) is 5.69 Å². The number of nitrogens with zero attached hydrogens (tertiary/aromatic N) is 4. The molecule has 29 heavy (non-hydrogen) atoms. The van der Waals surface area contributed by atoms with Gasteiger partial charge in [0.2, 0.25) is 0 Å². The fourth-order valence-electron chi connectivity index (χ4n) is 4.04. The van der Waals surface area contributed by atoms with E-state index < -0.39 is 0 Å². The van der Waals surface area contributed by atoms with Crippen LogP contribution in [0.25, 0.3) is 16.7 Å². The van der Waals surface area contributed by atoms with Crippen LogP contribution in [-0.4, -0.2) is 25.2 Å². The minimum absolute atomic E-state index is 0.220. The number of imidazole rings is 1. The summed E-state index contributed by atoms with van der Waals surface area (Å²) in [7, 11) is 0. The first-order chi connectivity index (χ1) is 14.2. The number of benzene rings is 2. The van der Waals surface area contributed by atoms with Crippen LogP contribution in [0.1, 0.15) is 41.3 Å². The third kappa shape index (κ3) is 3.31. The van der Waals surface area contributed by atoms with Gasteiger partial charge in [-0.1, -0.05) is 24.6 Å². The van der Waals surface area contributed by atoms with E-state index in [4.69, 9.17) is 4.98 Å². The van der Waals surface area contributed by atoms with Crippen LogP contribution < -0.4 is 5.32 Å². The zero-order chi connectivity index (χ0) is 19.8. The lowest BCUT2D eigenvalue weighted by Gasteiger charge is -2.06. The van der Waals surface area contributed by atoms with Gasteiger partial charge in [0.1, 0.15) is 5.82 Å². The highest BCUT2D eigenvalue weighted by atomic mass is 16.1. The van der Waals surface area contributed by atoms with Crippen LogP contribution in [0.4, 0.5) is 5.69 Å². The van der Waals surface area contributed by atoms with Gasteiger partial charge in [0.15, 0.2) is 5.69 Å². The molecule has 0 aliphatic carbocycles. The van der Waals surface area contributed by atoms with Crippen LogP contribution in [0, 0.1) is 6.92 Å². The van der Waals surface area contributed by atoms with Gasteiger partial charge in [-0.3, -0.25) is 4.79 Å². The quantitative estimate of drug-likeness (QED) is 0.564. The molecule has 6 heteroatoms. The first-order valence-electron chi connectivity index (χ1n) is 10.1. The lowest BCUT2D eigenvalue weighted by Crippen LogP contribution is -2.13. The molecule has 0 spiro atoms. The second-order valence-electron chi connectivity index (χ2n) is 7.57. The minimum Gasteiger partial charge on any atom is -0.328 e. The average molecular weight is 385 g/mol. The number of para-hydroxylation sites is 1. The van der Waals surface area contributed by atoms with Gasteiger partial charge in [-0.05, 0) is 56.2 Å². The zero-order valence-electron chi connectivity index (χ0n) is 16.4. The average Bonchev–Trinajstić information content (AvgIpc) is 3.20. The molecule has 0 saturated heterocycles. The molecule has 5 rings (SSSR count). The molecule has 3 heterocycles. The molecule has 4 aromatic rings. The maximum atomic E-state index is 12.8. The number of aryl methyl sites for hydroxylation is 3. The van der Waals surface area contributed by atoms with Crippen molar-refractivity contribution in [3.8, 4) is 5.69 Å². The summed E-state index contributed by atoms with van der Waals surface area (Å²) >= 11 is 0. The Morgan fingerprint density at radius 1 is 1.03 bits per heavy atom. The molecule has 1 amide bonds. The zero-order valence-corrected chi connectivity index (χ0v) is 16.4. The Morgan fingerprint density at radius 3 is 2.76 bits per heavy atom. The molecule has 0 radical (unpaired) electrons. The Morgan fingerprint density at radius 2 is 1.90 bits per heavy atom. The first-order valence-corrected chi connectivity index (χ1v) is 10.1. The summed E-state index contributed by atoms with van der Waals surface area (Å²) < 4.78 is 4.10. The molecule has 0 fully saturated rings. The highest BCUT2D eigenvalue weighted by Crippen LogP contribution is 2.25. The van der Waals surface area contributed by atoms with Gasteiger partial charge in [0.25, 0.3) is 5.91 Å². The third-order valence-corrected chi connectivity index (χ3v) is 5.49. The molecule has 1 aliphatic rings. The summed E-state index contributed by atoms with van der Waals surface area (Å²) in [6.07, 6.45) is 4.66. The number of fused-ring (bicyclic) bond motifs is 3. The molecule has 1 aliphatic heterocycles. The third-order valence-electron chi connectivity index (χ3n) is 5.49. The van der Waals surface area contributed by atoms with Gasteiger partial charge in [-0.25, -0.2) is 9.67 Å². The van der Waals surface area contributed by atoms with Crippen LogP contribution in [0.3, 0.4) is 0 Å². The second kappa shape index (κ2) is 7.20. The summed E-state index contributed by atoms with van der Waals surface area (Å²) in [6.45, 7) is 2.97. The Bertz CT molecular complexity index is 1190. The summed E-state index contributed by atoms with van der Waals surface area (Å²) in [5.74, 6) is 0.932. The van der Waals surface area contributed by atoms with Gasteiger partial charge in [-0.2, -0.15) is 5.10 Å². The molecular weight excluding hydrogens is 362 g/mol. The Balaban J connectivity index is 1.40. The largest absolute Gasteiger partial charge is 0.328 e. The number of amides is 1. The topological polar surface area (TPSA) is 64.7 Å². The highest BCUT2D eigenvalue weighted by Gasteiger charge is 2.16. The van der Waals surface area contributed by atoms with E-state index in [9.17, 15) is 4.79 Å². The number of carbonyl (C=O) groups is 1. The van der Waals surface area contributed by atoms with Crippen LogP contribution in [0.2, 0.25) is 0 Å². The number of anilines is 1. The van der Waals surface area contributed by atoms with Gasteiger partial charge in [0.05, 0.1) is 16.7 Å². The molecule has 0 unspecified atom stereocenters. The number of hydrogen-bond acceptors (Lipinski definition) is 3. The summed E-state index contributed by atoms with van der Waals surface area (Å²) in [4.78, 5) is 17.6. The maximum Gasteiger partial charge on any atom is 0.276 e. The highest BCUT2D eigenvalue weighted by molar-refractivity contribution is 6.03. The van der Waals surface area contributed by atoms with Gasteiger partial charge >= 0.3 is 0 Å². The van der Waals surface area contributed by atoms with Crippen LogP contribution in [0.5, 0.6) is 0 Å². The van der Waals surface area contributed by atoms with Crippen molar-refractivity contribution in [1.82, 2.24) is 19.3 Å². The van der Waals surface area contributed by atoms with E-state index in [1.165, 1.54) is 19.3 Å². The van der Waals surface area contributed by atoms with E-state index in [2.05, 4.69) is 21.0 Å². The van der Waals surface area contributed by atoms with Gasteiger partial charge in [0, 0.05) is 24.3 Å². The number of hydrogen-bond donors (Lipinski definition) is 1. The molecule has 0 atom stereocenters. The predicted octanol–water partition coefficient (Wildman–Crippen LogP) is 4.51. The lowest BCUT2D eigenvalue weighted by atomic mass is 10.2. The second-order valence-corrected chi connectivity index (χ2v) is 7.57. The van der Waals surface area contributed by atoms with Crippen molar-refractivity contribution < 1.29 is 4.79 Å². The van der Waals surface area contributed by atoms with Crippen LogP contribution >= 0.6 is 0 Å². The van der Waals surface area contributed by atoms with Crippen molar-refractivity contribution in [3.63, 3.8) is 0 Å². The van der Waals surface area contributed by atoms with Crippen molar-refractivity contribution in [3.05, 3.63) is 71.8 Å². The standard InChI is InChI=1S/C23H23N5O/c1-16-14-20(26-28(16)18-8-4-2-5-9-18)23(29)24-17-11-12-21-19(15-17)25-22-10-6-3-7-13-27(21)22/h2,4-5,8-9,11-12,14-15H,3,6-7,10,13H2,1H3,(H,24,29). The molecular formula is C23H23N5O. The Labute approximate surface area is 169 Å². The Kier molecular flexibility index (Phi) is 4.39. The smallest absolute Gasteiger partial charge is 0.276 e. The molecule has 0 bridgehead atoms. The SMILES string of the molecule is Cc1cc(C(=O)Nc2ccc3c(c2)nc2n3CCCCC2)nn1-c1ccccc1. The maximum absolute atomic E-state index is 12.8. The first kappa shape index (κ1) is 17.7. The molecule has 2 aromatic carbocycles. The minimum atomic E-state index is -0.220. The summed E-state index contributed by atoms with van der Waals surface area (Å²) in [6, 6.07) is 17.6. The van der Waals surface area contributed by atoms with Crippen molar-refractivity contribution in [2.24, 2.45) is 0 Å². The molecule has 0 saturated carbocycles. The van der Waals surface area contributed by atoms with Gasteiger partial charge in [-0.15, -0.1) is 0 Å². The van der Waals surface area contributed by atoms with E-state index in [1.807, 2.05) is 49.4 Å². The van der Waals surface area contributed by atoms with Crippen molar-refractivity contribution in [2.75, 3.05) is 5.32 Å². The number of aromatic nitrogens is 4. The van der Waals surface area contributed by atoms with E-state index in [0.717, 1.165) is 46.9 Å². The lowest BCUT2D eigenvalue weighted by molar-refractivity contribution is 0.102. The van der Waals surface area contributed by atoms with Gasteiger partial charge < -0.3 is 9.88 Å². The fraction of sp³-hybridized carbons (Fsp3) is 0.261. The summed E-state index contributed by atoms with van der Waals surface area (Å²) in [5, 5.41) is 7.46. The monoisotopic (exact) mass is 385 g/mol. The fourth-order valence-corrected chi connectivity index (χ4v) is 4.04. The number of nitrogens with one attached hydrogen (secondary N) is 1. The normalized spacial score (nSPS) is 13.8. The number of carbonyl (C=O) groups excluding carboxylic acids is 1. The Hall–Kier alpha value is -3.41. The van der Waals surface area contributed by atoms with Crippen LogP contribution in [0.15, 0.2) is 54.6 Å². The van der Waals surface area contributed by atoms with E-state index >= 15 is 0 Å². The van der Waals surface area contributed by atoms with Crippen molar-refractivity contribution >= 4 is 22.6 Å². The number of rotatable bonds is 3. The van der Waals surface area contributed by atoms with E-state index in [-0.39, 0.29) is 5.91 Å². The van der Waals surface area contributed by atoms with E-state index in [1.54, 1.807) is 10.7 Å². The molecule has 1 N–H and O–H groups in total. The molecule has 6 nitrogen and oxygen atoms in total. The molecule has 2 aromatic heterocycles. The van der Waals surface area contributed by atoms with Crippen LogP contribution in [-0.2, 0) is 13.0 Å². The predicted molar refractivity (Wildman–Crippen MR) is 114 cm³/mol. The summed E-state index contributed by atoms with van der Waals surface area (Å²) in [5.41, 5.74) is 5.06. The molecule has 146 valence electrons.